The van der Waals surface area contributed by atoms with Gasteiger partial charge in [-0.25, -0.2) is 4.79 Å². The number of amides is 1. The fraction of sp³-hybridized carbons (Fsp3) is 0.261. The third-order valence-corrected chi connectivity index (χ3v) is 4.68. The summed E-state index contributed by atoms with van der Waals surface area (Å²) < 4.78 is 15.9. The second-order valence-corrected chi connectivity index (χ2v) is 6.88. The summed E-state index contributed by atoms with van der Waals surface area (Å²) in [6, 6.07) is 12.5. The van der Waals surface area contributed by atoms with Crippen molar-refractivity contribution >= 4 is 22.8 Å². The van der Waals surface area contributed by atoms with Gasteiger partial charge in [0.25, 0.3) is 5.91 Å². The first-order valence-corrected chi connectivity index (χ1v) is 9.76. The van der Waals surface area contributed by atoms with Gasteiger partial charge >= 0.3 is 5.63 Å². The molecule has 162 valence electrons. The van der Waals surface area contributed by atoms with Gasteiger partial charge in [0, 0.05) is 17.5 Å². The number of carbonyl (C=O) groups excluding carboxylic acids is 2. The molecule has 0 fully saturated rings. The summed E-state index contributed by atoms with van der Waals surface area (Å²) in [5.74, 6) is -0.923. The summed E-state index contributed by atoms with van der Waals surface area (Å²) in [4.78, 5) is 35.1. The van der Waals surface area contributed by atoms with Crippen molar-refractivity contribution in [3.05, 3.63) is 59.0 Å². The monoisotopic (exact) mass is 424 g/mol. The zero-order chi connectivity index (χ0) is 22.4. The van der Waals surface area contributed by atoms with Crippen LogP contribution < -0.4 is 25.5 Å². The lowest BCUT2D eigenvalue weighted by atomic mass is 10.0. The van der Waals surface area contributed by atoms with Crippen LogP contribution in [-0.2, 0) is 9.59 Å². The third kappa shape index (κ3) is 5.42. The van der Waals surface area contributed by atoms with E-state index in [9.17, 15) is 19.5 Å². The molecule has 2 aromatic carbocycles. The van der Waals surface area contributed by atoms with Gasteiger partial charge in [0.05, 0.1) is 19.1 Å². The maximum absolute atomic E-state index is 12.1. The van der Waals surface area contributed by atoms with E-state index in [-0.39, 0.29) is 13.0 Å². The predicted octanol–water partition coefficient (Wildman–Crippen LogP) is 1.88. The summed E-state index contributed by atoms with van der Waals surface area (Å²) in [7, 11) is 1.58. The third-order valence-electron chi connectivity index (χ3n) is 4.68. The molecule has 1 atom stereocenters. The maximum atomic E-state index is 12.1. The zero-order valence-corrected chi connectivity index (χ0v) is 17.2. The first kappa shape index (κ1) is 21.9. The number of fused-ring (bicyclic) bond motifs is 1. The molecule has 8 nitrogen and oxygen atoms in total. The van der Waals surface area contributed by atoms with Gasteiger partial charge in [-0.15, -0.1) is 0 Å². The van der Waals surface area contributed by atoms with E-state index in [0.29, 0.717) is 34.5 Å². The molecular weight excluding hydrogens is 402 g/mol. The minimum absolute atomic E-state index is 0.267. The lowest BCUT2D eigenvalue weighted by Crippen LogP contribution is -2.49. The van der Waals surface area contributed by atoms with Crippen molar-refractivity contribution in [1.82, 2.24) is 5.32 Å². The Morgan fingerprint density at radius 1 is 1.10 bits per heavy atom. The van der Waals surface area contributed by atoms with Gasteiger partial charge in [-0.05, 0) is 41.8 Å². The van der Waals surface area contributed by atoms with Crippen molar-refractivity contribution in [3.63, 3.8) is 0 Å². The number of benzene rings is 2. The van der Waals surface area contributed by atoms with E-state index in [1.165, 1.54) is 12.1 Å². The van der Waals surface area contributed by atoms with Crippen LogP contribution in [0.5, 0.6) is 11.5 Å². The van der Waals surface area contributed by atoms with Crippen molar-refractivity contribution in [1.29, 1.82) is 0 Å². The molecule has 1 heterocycles. The Kier molecular flexibility index (Phi) is 6.92. The number of carboxylic acid groups (broad SMARTS) is 1. The zero-order valence-electron chi connectivity index (χ0n) is 17.2. The lowest BCUT2D eigenvalue weighted by Gasteiger charge is -2.19. The van der Waals surface area contributed by atoms with Crippen LogP contribution in [0, 0.1) is 0 Å². The highest BCUT2D eigenvalue weighted by molar-refractivity contribution is 5.94. The van der Waals surface area contributed by atoms with E-state index in [2.05, 4.69) is 5.32 Å². The second kappa shape index (κ2) is 9.80. The number of nitrogens with one attached hydrogen (secondary N) is 1. The van der Waals surface area contributed by atoms with Crippen molar-refractivity contribution < 1.29 is 28.6 Å². The predicted molar refractivity (Wildman–Crippen MR) is 112 cm³/mol. The summed E-state index contributed by atoms with van der Waals surface area (Å²) >= 11 is 0. The van der Waals surface area contributed by atoms with E-state index >= 15 is 0 Å². The van der Waals surface area contributed by atoms with Crippen LogP contribution in [0.3, 0.4) is 0 Å². The molecule has 0 unspecified atom stereocenters. The topological polar surface area (TPSA) is 118 Å². The molecule has 0 bridgehead atoms. The minimum atomic E-state index is -1.34. The summed E-state index contributed by atoms with van der Waals surface area (Å²) in [5, 5.41) is 14.1. The molecule has 8 heteroatoms. The molecule has 1 N–H and O–H groups in total. The average molecular weight is 424 g/mol. The smallest absolute Gasteiger partial charge is 0.336 e. The Morgan fingerprint density at radius 3 is 2.45 bits per heavy atom. The number of carboxylic acids is 1. The highest BCUT2D eigenvalue weighted by Gasteiger charge is 2.14. The Morgan fingerprint density at radius 2 is 1.81 bits per heavy atom. The highest BCUT2D eigenvalue weighted by atomic mass is 16.5. The average Bonchev–Trinajstić information content (AvgIpc) is 2.76. The molecule has 0 saturated carbocycles. The van der Waals surface area contributed by atoms with E-state index in [0.717, 1.165) is 5.56 Å². The SMILES string of the molecule is CCC[C@@H](NC(=O)COc1ccc2c(-c3ccc(OC)cc3)cc(=O)oc2c1)C(=O)[O-]. The van der Waals surface area contributed by atoms with Crippen LogP contribution in [0.2, 0.25) is 0 Å². The summed E-state index contributed by atoms with van der Waals surface area (Å²) in [5.41, 5.74) is 1.28. The quantitative estimate of drug-likeness (QED) is 0.521. The van der Waals surface area contributed by atoms with Crippen molar-refractivity contribution in [2.45, 2.75) is 25.8 Å². The first-order chi connectivity index (χ1) is 14.9. The maximum Gasteiger partial charge on any atom is 0.336 e. The molecule has 1 aromatic heterocycles. The number of ether oxygens (including phenoxy) is 2. The van der Waals surface area contributed by atoms with Crippen LogP contribution in [0.4, 0.5) is 0 Å². The normalized spacial score (nSPS) is 11.7. The van der Waals surface area contributed by atoms with Gasteiger partial charge in [-0.3, -0.25) is 4.79 Å². The molecule has 1 amide bonds. The molecule has 0 aliphatic carbocycles. The number of rotatable bonds is 9. The molecular formula is C23H22NO7-. The molecule has 0 aliphatic rings. The van der Waals surface area contributed by atoms with Gasteiger partial charge in [0.15, 0.2) is 6.61 Å². The molecule has 3 aromatic rings. The van der Waals surface area contributed by atoms with Gasteiger partial charge in [0.2, 0.25) is 0 Å². The van der Waals surface area contributed by atoms with Crippen LogP contribution in [0.25, 0.3) is 22.1 Å². The Bertz CT molecular complexity index is 1130. The highest BCUT2D eigenvalue weighted by Crippen LogP contribution is 2.30. The van der Waals surface area contributed by atoms with Gasteiger partial charge in [-0.1, -0.05) is 25.5 Å². The Balaban J connectivity index is 1.79. The second-order valence-electron chi connectivity index (χ2n) is 6.88. The Labute approximate surface area is 178 Å². The number of methoxy groups -OCH3 is 1. The number of carbonyl (C=O) groups is 2. The fourth-order valence-electron chi connectivity index (χ4n) is 3.16. The molecule has 0 saturated heterocycles. The molecule has 31 heavy (non-hydrogen) atoms. The molecule has 0 spiro atoms. The first-order valence-electron chi connectivity index (χ1n) is 9.76. The van der Waals surface area contributed by atoms with Crippen molar-refractivity contribution in [2.75, 3.05) is 13.7 Å². The van der Waals surface area contributed by atoms with E-state index in [1.54, 1.807) is 31.4 Å². The van der Waals surface area contributed by atoms with Gasteiger partial charge in [0.1, 0.15) is 17.1 Å². The number of hydrogen-bond donors (Lipinski definition) is 1. The van der Waals surface area contributed by atoms with Crippen LogP contribution in [-0.4, -0.2) is 31.6 Å². The van der Waals surface area contributed by atoms with Gasteiger partial charge in [-0.2, -0.15) is 0 Å². The van der Waals surface area contributed by atoms with Crippen LogP contribution in [0.1, 0.15) is 19.8 Å². The molecule has 3 rings (SSSR count). The molecule has 0 radical (unpaired) electrons. The standard InChI is InChI=1S/C23H23NO7/c1-3-4-19(23(27)28)24-21(25)13-30-16-9-10-17-18(12-22(26)31-20(17)11-16)14-5-7-15(29-2)8-6-14/h5-12,19H,3-4,13H2,1-2H3,(H,24,25)(H,27,28)/p-1/t19-/m1/s1. The van der Waals surface area contributed by atoms with Gasteiger partial charge < -0.3 is 29.1 Å². The van der Waals surface area contributed by atoms with Crippen LogP contribution >= 0.6 is 0 Å². The molecule has 0 aliphatic heterocycles. The lowest BCUT2D eigenvalue weighted by molar-refractivity contribution is -0.308. The minimum Gasteiger partial charge on any atom is -0.548 e. The van der Waals surface area contributed by atoms with E-state index in [4.69, 9.17) is 13.9 Å². The van der Waals surface area contributed by atoms with E-state index in [1.807, 2.05) is 19.1 Å². The van der Waals surface area contributed by atoms with Crippen molar-refractivity contribution in [3.8, 4) is 22.6 Å². The number of hydrogen-bond acceptors (Lipinski definition) is 7. The van der Waals surface area contributed by atoms with Crippen molar-refractivity contribution in [2.24, 2.45) is 0 Å². The summed E-state index contributed by atoms with van der Waals surface area (Å²) in [6.07, 6.45) is 0.851. The van der Waals surface area contributed by atoms with E-state index < -0.39 is 23.5 Å². The summed E-state index contributed by atoms with van der Waals surface area (Å²) in [6.45, 7) is 1.42. The number of aliphatic carboxylic acids is 1. The Hall–Kier alpha value is -3.81. The fourth-order valence-corrected chi connectivity index (χ4v) is 3.16. The largest absolute Gasteiger partial charge is 0.548 e. The van der Waals surface area contributed by atoms with Crippen LogP contribution in [0.15, 0.2) is 57.7 Å².